The van der Waals surface area contributed by atoms with Crippen LogP contribution in [0.2, 0.25) is 5.02 Å². The molecule has 0 radical (unpaired) electrons. The molecule has 0 spiro atoms. The fourth-order valence-electron chi connectivity index (χ4n) is 5.58. The van der Waals surface area contributed by atoms with Gasteiger partial charge in [-0.05, 0) is 61.8 Å². The third kappa shape index (κ3) is 5.95. The largest absolute Gasteiger partial charge is 0.353 e. The zero-order chi connectivity index (χ0) is 29.1. The van der Waals surface area contributed by atoms with E-state index >= 15 is 0 Å². The Balaban J connectivity index is 1.47. The van der Waals surface area contributed by atoms with E-state index in [9.17, 15) is 14.0 Å². The minimum absolute atomic E-state index is 0.142. The lowest BCUT2D eigenvalue weighted by atomic mass is 9.99. The van der Waals surface area contributed by atoms with Crippen LogP contribution in [0, 0.1) is 5.82 Å². The van der Waals surface area contributed by atoms with Crippen molar-refractivity contribution in [2.24, 2.45) is 0 Å². The number of amides is 2. The highest BCUT2D eigenvalue weighted by atomic mass is 35.5. The Morgan fingerprint density at radius 1 is 1.00 bits per heavy atom. The standard InChI is InChI=1S/C32H31ClFN5O2S/c33-26-11-5-4-10-25(26)31-29-30(22-8-2-1-3-9-22)36-39(24-14-12-23(34)13-15-24)32(29)38(28(41)21-42-31)20-27(40)35-16-19-37-17-6-7-18-37/h1-5,8-15,31H,6-7,16-21H2,(H,35,40). The zero-order valence-electron chi connectivity index (χ0n) is 23.0. The van der Waals surface area contributed by atoms with Crippen LogP contribution >= 0.6 is 23.4 Å². The molecule has 42 heavy (non-hydrogen) atoms. The average Bonchev–Trinajstić information content (AvgIpc) is 3.63. The topological polar surface area (TPSA) is 70.5 Å². The molecule has 3 aromatic carbocycles. The Bertz CT molecular complexity index is 1570. The van der Waals surface area contributed by atoms with Crippen LogP contribution in [0.3, 0.4) is 0 Å². The van der Waals surface area contributed by atoms with E-state index < -0.39 is 0 Å². The maximum Gasteiger partial charge on any atom is 0.240 e. The molecule has 0 bridgehead atoms. The first-order chi connectivity index (χ1) is 20.5. The molecule has 1 atom stereocenters. The lowest BCUT2D eigenvalue weighted by Crippen LogP contribution is -2.44. The maximum atomic E-state index is 14.0. The molecular weight excluding hydrogens is 573 g/mol. The van der Waals surface area contributed by atoms with Gasteiger partial charge in [0.25, 0.3) is 0 Å². The normalized spacial score (nSPS) is 17.2. The van der Waals surface area contributed by atoms with Crippen molar-refractivity contribution in [3.8, 4) is 16.9 Å². The first-order valence-corrected chi connectivity index (χ1v) is 15.5. The summed E-state index contributed by atoms with van der Waals surface area (Å²) in [4.78, 5) is 31.0. The number of nitrogens with one attached hydrogen (secondary N) is 1. The number of nitrogens with zero attached hydrogens (tertiary/aromatic N) is 4. The summed E-state index contributed by atoms with van der Waals surface area (Å²) in [5.74, 6) is -0.218. The molecule has 4 aromatic rings. The maximum absolute atomic E-state index is 14.0. The zero-order valence-corrected chi connectivity index (χ0v) is 24.6. The number of thioether (sulfide) groups is 1. The van der Waals surface area contributed by atoms with Gasteiger partial charge in [-0.2, -0.15) is 5.10 Å². The molecule has 2 aliphatic rings. The van der Waals surface area contributed by atoms with E-state index in [1.165, 1.54) is 41.6 Å². The fourth-order valence-corrected chi connectivity index (χ4v) is 7.13. The summed E-state index contributed by atoms with van der Waals surface area (Å²) in [5.41, 5.74) is 3.73. The molecule has 0 saturated carbocycles. The number of carbonyl (C=O) groups is 2. The average molecular weight is 604 g/mol. The van der Waals surface area contributed by atoms with Crippen LogP contribution in [0.15, 0.2) is 78.9 Å². The van der Waals surface area contributed by atoms with E-state index in [1.54, 1.807) is 16.8 Å². The van der Waals surface area contributed by atoms with Crippen molar-refractivity contribution in [2.75, 3.05) is 43.4 Å². The minimum Gasteiger partial charge on any atom is -0.353 e. The summed E-state index contributed by atoms with van der Waals surface area (Å²) in [6, 6.07) is 23.3. The Kier molecular flexibility index (Phi) is 8.60. The molecule has 7 nitrogen and oxygen atoms in total. The number of aromatic nitrogens is 2. The van der Waals surface area contributed by atoms with Crippen LogP contribution in [-0.2, 0) is 9.59 Å². The number of fused-ring (bicyclic) bond motifs is 1. The van der Waals surface area contributed by atoms with Gasteiger partial charge in [0, 0.05) is 29.2 Å². The quantitative estimate of drug-likeness (QED) is 0.279. The number of halogens is 2. The predicted octanol–water partition coefficient (Wildman–Crippen LogP) is 5.71. The molecular formula is C32H31ClFN5O2S. The van der Waals surface area contributed by atoms with Gasteiger partial charge < -0.3 is 10.2 Å². The number of anilines is 1. The highest BCUT2D eigenvalue weighted by Gasteiger charge is 2.38. The molecule has 1 fully saturated rings. The van der Waals surface area contributed by atoms with Crippen molar-refractivity contribution < 1.29 is 14.0 Å². The number of hydrogen-bond acceptors (Lipinski definition) is 5. The third-order valence-corrected chi connectivity index (χ3v) is 9.23. The van der Waals surface area contributed by atoms with Gasteiger partial charge in [0.15, 0.2) is 0 Å². The van der Waals surface area contributed by atoms with E-state index in [-0.39, 0.29) is 35.2 Å². The first kappa shape index (κ1) is 28.5. The van der Waals surface area contributed by atoms with Crippen LogP contribution in [-0.4, -0.2) is 65.0 Å². The molecule has 1 saturated heterocycles. The van der Waals surface area contributed by atoms with Crippen LogP contribution < -0.4 is 10.2 Å². The van der Waals surface area contributed by atoms with Gasteiger partial charge in [0.05, 0.1) is 22.4 Å². The van der Waals surface area contributed by atoms with Gasteiger partial charge >= 0.3 is 0 Å². The smallest absolute Gasteiger partial charge is 0.240 e. The highest BCUT2D eigenvalue weighted by molar-refractivity contribution is 8.00. The second-order valence-electron chi connectivity index (χ2n) is 10.4. The summed E-state index contributed by atoms with van der Waals surface area (Å²) in [5, 5.41) is 8.26. The predicted molar refractivity (Wildman–Crippen MR) is 166 cm³/mol. The van der Waals surface area contributed by atoms with E-state index in [2.05, 4.69) is 10.2 Å². The molecule has 2 aliphatic heterocycles. The number of hydrogen-bond donors (Lipinski definition) is 1. The van der Waals surface area contributed by atoms with Gasteiger partial charge in [-0.25, -0.2) is 9.07 Å². The molecule has 216 valence electrons. The first-order valence-electron chi connectivity index (χ1n) is 14.1. The molecule has 2 amide bonds. The van der Waals surface area contributed by atoms with Crippen LogP contribution in [0.5, 0.6) is 0 Å². The van der Waals surface area contributed by atoms with Crippen molar-refractivity contribution in [3.63, 3.8) is 0 Å². The molecule has 1 N–H and O–H groups in total. The Hall–Kier alpha value is -3.66. The second-order valence-corrected chi connectivity index (χ2v) is 11.9. The van der Waals surface area contributed by atoms with Gasteiger partial charge in [-0.15, -0.1) is 11.8 Å². The van der Waals surface area contributed by atoms with E-state index in [0.717, 1.165) is 36.3 Å². The summed E-state index contributed by atoms with van der Waals surface area (Å²) in [7, 11) is 0. The fraction of sp³-hybridized carbons (Fsp3) is 0.281. The number of carbonyl (C=O) groups excluding carboxylic acids is 2. The summed E-state index contributed by atoms with van der Waals surface area (Å²) in [6.45, 7) is 3.22. The monoisotopic (exact) mass is 603 g/mol. The third-order valence-electron chi connectivity index (χ3n) is 7.65. The van der Waals surface area contributed by atoms with E-state index in [4.69, 9.17) is 16.7 Å². The molecule has 1 unspecified atom stereocenters. The minimum atomic E-state index is -0.380. The van der Waals surface area contributed by atoms with Crippen LogP contribution in [0.4, 0.5) is 10.2 Å². The molecule has 10 heteroatoms. The van der Waals surface area contributed by atoms with Crippen LogP contribution in [0.25, 0.3) is 16.9 Å². The summed E-state index contributed by atoms with van der Waals surface area (Å²) in [6.07, 6.45) is 2.36. The molecule has 0 aliphatic carbocycles. The van der Waals surface area contributed by atoms with Gasteiger partial charge in [0.1, 0.15) is 18.2 Å². The lowest BCUT2D eigenvalue weighted by Gasteiger charge is -2.23. The Morgan fingerprint density at radius 3 is 2.45 bits per heavy atom. The molecule has 1 aromatic heterocycles. The lowest BCUT2D eigenvalue weighted by molar-refractivity contribution is -0.122. The van der Waals surface area contributed by atoms with Gasteiger partial charge in [0.2, 0.25) is 11.8 Å². The summed E-state index contributed by atoms with van der Waals surface area (Å²) < 4.78 is 15.6. The summed E-state index contributed by atoms with van der Waals surface area (Å²) >= 11 is 8.20. The van der Waals surface area contributed by atoms with Crippen molar-refractivity contribution in [1.82, 2.24) is 20.0 Å². The Labute approximate surface area is 253 Å². The highest BCUT2D eigenvalue weighted by Crippen LogP contribution is 2.49. The number of likely N-dealkylation sites (tertiary alicyclic amines) is 1. The second kappa shape index (κ2) is 12.7. The van der Waals surface area contributed by atoms with Gasteiger partial charge in [-0.3, -0.25) is 14.5 Å². The van der Waals surface area contributed by atoms with E-state index in [1.807, 2.05) is 54.6 Å². The van der Waals surface area contributed by atoms with Crippen molar-refractivity contribution in [3.05, 3.63) is 101 Å². The van der Waals surface area contributed by atoms with Gasteiger partial charge in [-0.1, -0.05) is 60.1 Å². The van der Waals surface area contributed by atoms with E-state index in [0.29, 0.717) is 28.8 Å². The van der Waals surface area contributed by atoms with Crippen molar-refractivity contribution in [1.29, 1.82) is 0 Å². The molecule has 6 rings (SSSR count). The van der Waals surface area contributed by atoms with Crippen molar-refractivity contribution in [2.45, 2.75) is 18.1 Å². The number of benzene rings is 3. The van der Waals surface area contributed by atoms with Crippen molar-refractivity contribution >= 4 is 41.0 Å². The van der Waals surface area contributed by atoms with Crippen LogP contribution in [0.1, 0.15) is 29.2 Å². The number of rotatable bonds is 8. The SMILES string of the molecule is O=C(CN1C(=O)CSC(c2ccccc2Cl)c2c(-c3ccccc3)nn(-c3ccc(F)cc3)c21)NCCN1CCCC1. The molecule has 3 heterocycles. The Morgan fingerprint density at radius 2 is 1.71 bits per heavy atom.